The van der Waals surface area contributed by atoms with Gasteiger partial charge in [-0.1, -0.05) is 6.07 Å². The smallest absolute Gasteiger partial charge is 0.338 e. The number of carboxylic acids is 1. The topological polar surface area (TPSA) is 84.8 Å². The van der Waals surface area contributed by atoms with Gasteiger partial charge in [-0.3, -0.25) is 4.90 Å². The molecule has 7 nitrogen and oxygen atoms in total. The Hall–Kier alpha value is -2.67. The highest BCUT2D eigenvalue weighted by atomic mass is 16.6. The normalized spacial score (nSPS) is 19.8. The lowest BCUT2D eigenvalue weighted by Crippen LogP contribution is -2.24. The third-order valence-electron chi connectivity index (χ3n) is 4.57. The van der Waals surface area contributed by atoms with Gasteiger partial charge >= 0.3 is 5.97 Å². The Balaban J connectivity index is 1.50. The highest BCUT2D eigenvalue weighted by Crippen LogP contribution is 2.34. The molecule has 1 saturated heterocycles. The summed E-state index contributed by atoms with van der Waals surface area (Å²) in [4.78, 5) is 21.8. The van der Waals surface area contributed by atoms with Gasteiger partial charge in [-0.05, 0) is 37.1 Å². The fraction of sp³-hybridized carbons (Fsp3) is 0.389. The molecule has 0 aliphatic carbocycles. The Kier molecular flexibility index (Phi) is 4.23. The predicted molar refractivity (Wildman–Crippen MR) is 88.8 cm³/mol. The van der Waals surface area contributed by atoms with E-state index in [2.05, 4.69) is 20.9 Å². The van der Waals surface area contributed by atoms with E-state index in [1.165, 1.54) is 12.4 Å². The number of ether oxygens (including phenoxy) is 2. The Morgan fingerprint density at radius 2 is 1.96 bits per heavy atom. The number of fused-ring (bicyclic) bond motifs is 1. The largest absolute Gasteiger partial charge is 0.486 e. The van der Waals surface area contributed by atoms with Crippen molar-refractivity contribution in [1.29, 1.82) is 0 Å². The van der Waals surface area contributed by atoms with E-state index in [0.29, 0.717) is 19.0 Å². The van der Waals surface area contributed by atoms with Crippen LogP contribution >= 0.6 is 0 Å². The number of carboxylic acid groups (broad SMARTS) is 1. The average molecular weight is 341 g/mol. The maximum Gasteiger partial charge on any atom is 0.338 e. The fourth-order valence-corrected chi connectivity index (χ4v) is 3.35. The number of rotatable bonds is 4. The highest BCUT2D eigenvalue weighted by Gasteiger charge is 2.28. The van der Waals surface area contributed by atoms with Crippen molar-refractivity contribution >= 4 is 5.97 Å². The first kappa shape index (κ1) is 15.8. The van der Waals surface area contributed by atoms with Gasteiger partial charge in [-0.25, -0.2) is 14.8 Å². The lowest BCUT2D eigenvalue weighted by molar-refractivity contribution is 0.0695. The molecular formula is C18H19N3O4. The molecule has 0 amide bonds. The maximum atomic E-state index is 10.9. The summed E-state index contributed by atoms with van der Waals surface area (Å²) >= 11 is 0. The van der Waals surface area contributed by atoms with Gasteiger partial charge in [0.05, 0.1) is 11.6 Å². The van der Waals surface area contributed by atoms with Crippen LogP contribution in [0.1, 0.15) is 40.6 Å². The quantitative estimate of drug-likeness (QED) is 0.913. The van der Waals surface area contributed by atoms with Crippen LogP contribution in [0.4, 0.5) is 0 Å². The summed E-state index contributed by atoms with van der Waals surface area (Å²) in [5, 5.41) is 8.97. The van der Waals surface area contributed by atoms with Crippen LogP contribution in [0.3, 0.4) is 0 Å². The van der Waals surface area contributed by atoms with E-state index in [1.54, 1.807) is 0 Å². The van der Waals surface area contributed by atoms with Crippen molar-refractivity contribution in [3.05, 3.63) is 47.5 Å². The van der Waals surface area contributed by atoms with Crippen LogP contribution in [-0.2, 0) is 6.54 Å². The standard InChI is InChI=1S/C18H19N3O4/c22-18(23)13-9-19-17(20-10-13)14-2-1-5-21(14)11-12-3-4-15-16(8-12)25-7-6-24-15/h3-4,8-10,14H,1-2,5-7,11H2,(H,22,23). The molecule has 1 atom stereocenters. The van der Waals surface area contributed by atoms with Crippen LogP contribution in [-0.4, -0.2) is 45.7 Å². The van der Waals surface area contributed by atoms with Crippen LogP contribution < -0.4 is 9.47 Å². The molecule has 0 radical (unpaired) electrons. The number of nitrogens with zero attached hydrogens (tertiary/aromatic N) is 3. The summed E-state index contributed by atoms with van der Waals surface area (Å²) in [5.74, 6) is 1.26. The summed E-state index contributed by atoms with van der Waals surface area (Å²) < 4.78 is 11.2. The van der Waals surface area contributed by atoms with Crippen molar-refractivity contribution in [3.8, 4) is 11.5 Å². The molecule has 1 aromatic heterocycles. The van der Waals surface area contributed by atoms with Crippen LogP contribution in [0.15, 0.2) is 30.6 Å². The first-order valence-corrected chi connectivity index (χ1v) is 8.38. The summed E-state index contributed by atoms with van der Waals surface area (Å²) in [6, 6.07) is 6.14. The molecule has 25 heavy (non-hydrogen) atoms. The number of hydrogen-bond donors (Lipinski definition) is 1. The number of hydrogen-bond acceptors (Lipinski definition) is 6. The first-order valence-electron chi connectivity index (χ1n) is 8.38. The molecule has 4 rings (SSSR count). The third kappa shape index (κ3) is 3.28. The lowest BCUT2D eigenvalue weighted by atomic mass is 10.1. The van der Waals surface area contributed by atoms with Gasteiger partial charge in [-0.15, -0.1) is 0 Å². The minimum atomic E-state index is -1.01. The van der Waals surface area contributed by atoms with Gasteiger partial charge in [-0.2, -0.15) is 0 Å². The number of aromatic carboxylic acids is 1. The van der Waals surface area contributed by atoms with E-state index in [1.807, 2.05) is 12.1 Å². The van der Waals surface area contributed by atoms with Gasteiger partial charge in [0, 0.05) is 18.9 Å². The minimum Gasteiger partial charge on any atom is -0.486 e. The zero-order valence-electron chi connectivity index (χ0n) is 13.7. The second-order valence-electron chi connectivity index (χ2n) is 6.24. The van der Waals surface area contributed by atoms with Gasteiger partial charge in [0.1, 0.15) is 19.0 Å². The number of aromatic nitrogens is 2. The monoisotopic (exact) mass is 341 g/mol. The minimum absolute atomic E-state index is 0.107. The molecule has 0 spiro atoms. The molecule has 0 saturated carbocycles. The zero-order valence-corrected chi connectivity index (χ0v) is 13.7. The van der Waals surface area contributed by atoms with Crippen molar-refractivity contribution in [3.63, 3.8) is 0 Å². The Bertz CT molecular complexity index is 778. The second-order valence-corrected chi connectivity index (χ2v) is 6.24. The summed E-state index contributed by atoms with van der Waals surface area (Å²) in [6.45, 7) is 2.89. The number of benzene rings is 1. The molecule has 130 valence electrons. The predicted octanol–water partition coefficient (Wildman–Crippen LogP) is 2.28. The van der Waals surface area contributed by atoms with E-state index in [-0.39, 0.29) is 11.6 Å². The van der Waals surface area contributed by atoms with Crippen LogP contribution in [0, 0.1) is 0 Å². The van der Waals surface area contributed by atoms with Crippen molar-refractivity contribution < 1.29 is 19.4 Å². The van der Waals surface area contributed by atoms with Crippen molar-refractivity contribution in [2.24, 2.45) is 0 Å². The first-order chi connectivity index (χ1) is 12.2. The van der Waals surface area contributed by atoms with E-state index >= 15 is 0 Å². The van der Waals surface area contributed by atoms with Gasteiger partial charge in [0.25, 0.3) is 0 Å². The van der Waals surface area contributed by atoms with Gasteiger partial charge < -0.3 is 14.6 Å². The number of carbonyl (C=O) groups is 1. The molecule has 1 fully saturated rings. The molecule has 3 heterocycles. The molecule has 2 aliphatic rings. The molecule has 0 bridgehead atoms. The fourth-order valence-electron chi connectivity index (χ4n) is 3.35. The summed E-state index contributed by atoms with van der Waals surface area (Å²) in [6.07, 6.45) is 4.80. The third-order valence-corrected chi connectivity index (χ3v) is 4.57. The maximum absolute atomic E-state index is 10.9. The van der Waals surface area contributed by atoms with E-state index in [4.69, 9.17) is 14.6 Å². The van der Waals surface area contributed by atoms with Crippen LogP contribution in [0.2, 0.25) is 0 Å². The summed E-state index contributed by atoms with van der Waals surface area (Å²) in [7, 11) is 0. The molecule has 7 heteroatoms. The molecule has 2 aromatic rings. The Morgan fingerprint density at radius 3 is 2.72 bits per heavy atom. The highest BCUT2D eigenvalue weighted by molar-refractivity contribution is 5.86. The molecule has 1 unspecified atom stereocenters. The Morgan fingerprint density at radius 1 is 1.20 bits per heavy atom. The van der Waals surface area contributed by atoms with Gasteiger partial charge in [0.15, 0.2) is 11.5 Å². The van der Waals surface area contributed by atoms with E-state index in [0.717, 1.165) is 43.0 Å². The van der Waals surface area contributed by atoms with E-state index in [9.17, 15) is 4.79 Å². The van der Waals surface area contributed by atoms with Crippen molar-refractivity contribution in [2.75, 3.05) is 19.8 Å². The molecular weight excluding hydrogens is 322 g/mol. The van der Waals surface area contributed by atoms with Crippen LogP contribution in [0.5, 0.6) is 11.5 Å². The molecule has 1 aromatic carbocycles. The summed E-state index contributed by atoms with van der Waals surface area (Å²) in [5.41, 5.74) is 1.26. The second kappa shape index (κ2) is 6.68. The average Bonchev–Trinajstić information content (AvgIpc) is 3.10. The zero-order chi connectivity index (χ0) is 17.2. The van der Waals surface area contributed by atoms with Crippen LogP contribution in [0.25, 0.3) is 0 Å². The van der Waals surface area contributed by atoms with Crippen molar-refractivity contribution in [1.82, 2.24) is 14.9 Å². The number of likely N-dealkylation sites (tertiary alicyclic amines) is 1. The Labute approximate surface area is 145 Å². The van der Waals surface area contributed by atoms with E-state index < -0.39 is 5.97 Å². The lowest BCUT2D eigenvalue weighted by Gasteiger charge is -2.24. The SMILES string of the molecule is O=C(O)c1cnc(C2CCCN2Cc2ccc3c(c2)OCCO3)nc1. The van der Waals surface area contributed by atoms with Gasteiger partial charge in [0.2, 0.25) is 0 Å². The molecule has 2 aliphatic heterocycles. The van der Waals surface area contributed by atoms with Crippen molar-refractivity contribution in [2.45, 2.75) is 25.4 Å². The molecule has 1 N–H and O–H groups in total.